The van der Waals surface area contributed by atoms with E-state index in [1.165, 1.54) is 34.2 Å². The van der Waals surface area contributed by atoms with Crippen molar-refractivity contribution in [2.45, 2.75) is 52.4 Å². The number of piperidine rings is 1. The van der Waals surface area contributed by atoms with E-state index in [-0.39, 0.29) is 17.6 Å². The summed E-state index contributed by atoms with van der Waals surface area (Å²) in [6, 6.07) is 21.7. The van der Waals surface area contributed by atoms with Crippen molar-refractivity contribution < 1.29 is 9.18 Å². The first-order valence-corrected chi connectivity index (χ1v) is 13.9. The second kappa shape index (κ2) is 11.5. The summed E-state index contributed by atoms with van der Waals surface area (Å²) in [7, 11) is 0. The van der Waals surface area contributed by atoms with Gasteiger partial charge < -0.3 is 15.2 Å². The molecular weight excluding hydrogens is 473 g/mol. The fourth-order valence-corrected chi connectivity index (χ4v) is 5.61. The smallest absolute Gasteiger partial charge is 0.226 e. The van der Waals surface area contributed by atoms with Crippen molar-refractivity contribution in [3.63, 3.8) is 0 Å². The molecule has 198 valence electrons. The van der Waals surface area contributed by atoms with Crippen molar-refractivity contribution in [2.75, 3.05) is 25.0 Å². The highest BCUT2D eigenvalue weighted by atomic mass is 19.1. The normalized spacial score (nSPS) is 14.9. The molecule has 1 fully saturated rings. The van der Waals surface area contributed by atoms with Gasteiger partial charge in [-0.05, 0) is 123 Å². The molecule has 5 heteroatoms. The van der Waals surface area contributed by atoms with E-state index in [9.17, 15) is 9.18 Å². The molecule has 0 unspecified atom stereocenters. The molecule has 4 aromatic rings. The van der Waals surface area contributed by atoms with Crippen molar-refractivity contribution in [3.8, 4) is 11.3 Å². The maximum Gasteiger partial charge on any atom is 0.226 e. The zero-order chi connectivity index (χ0) is 26.6. The third-order valence-corrected chi connectivity index (χ3v) is 7.83. The van der Waals surface area contributed by atoms with Gasteiger partial charge in [0.15, 0.2) is 0 Å². The molecule has 0 radical (unpaired) electrons. The third-order valence-electron chi connectivity index (χ3n) is 7.83. The maximum absolute atomic E-state index is 13.6. The second-order valence-corrected chi connectivity index (χ2v) is 11.0. The average Bonchev–Trinajstić information content (AvgIpc) is 3.27. The highest BCUT2D eigenvalue weighted by molar-refractivity contribution is 5.92. The summed E-state index contributed by atoms with van der Waals surface area (Å²) < 4.78 is 13.6. The number of aromatic nitrogens is 1. The summed E-state index contributed by atoms with van der Waals surface area (Å²) in [6.45, 7) is 9.21. The van der Waals surface area contributed by atoms with E-state index < -0.39 is 0 Å². The Labute approximate surface area is 225 Å². The summed E-state index contributed by atoms with van der Waals surface area (Å²) in [5, 5.41) is 4.31. The van der Waals surface area contributed by atoms with Gasteiger partial charge in [-0.3, -0.25) is 4.79 Å². The highest BCUT2D eigenvalue weighted by Gasteiger charge is 2.21. The fraction of sp³-hybridized carbons (Fsp3) is 0.364. The Balaban J connectivity index is 1.21. The SMILES string of the molecule is Cc1ccc2[nH]c(-c3ccc(F)cc3)c(CCCN3CCC(c4cccc(NC(=O)C(C)C)c4)CC3)c2c1. The molecule has 1 amide bonds. The van der Waals surface area contributed by atoms with Gasteiger partial charge in [-0.15, -0.1) is 0 Å². The van der Waals surface area contributed by atoms with Gasteiger partial charge in [0.25, 0.3) is 0 Å². The lowest BCUT2D eigenvalue weighted by atomic mass is 9.89. The molecule has 1 aliphatic rings. The van der Waals surface area contributed by atoms with E-state index in [0.717, 1.165) is 67.8 Å². The van der Waals surface area contributed by atoms with Crippen LogP contribution in [0.1, 0.15) is 55.7 Å². The number of halogens is 1. The number of anilines is 1. The number of nitrogens with one attached hydrogen (secondary N) is 2. The van der Waals surface area contributed by atoms with E-state index >= 15 is 0 Å². The Morgan fingerprint density at radius 1 is 1.05 bits per heavy atom. The average molecular weight is 512 g/mol. The molecule has 0 bridgehead atoms. The van der Waals surface area contributed by atoms with Gasteiger partial charge >= 0.3 is 0 Å². The molecule has 3 aromatic carbocycles. The summed E-state index contributed by atoms with van der Waals surface area (Å²) in [4.78, 5) is 18.3. The first kappa shape index (κ1) is 26.2. The Kier molecular flexibility index (Phi) is 7.94. The monoisotopic (exact) mass is 511 g/mol. The van der Waals surface area contributed by atoms with Crippen LogP contribution in [0.3, 0.4) is 0 Å². The minimum absolute atomic E-state index is 0.0260. The number of amides is 1. The zero-order valence-corrected chi connectivity index (χ0v) is 22.7. The topological polar surface area (TPSA) is 48.1 Å². The van der Waals surface area contributed by atoms with E-state index in [1.54, 1.807) is 0 Å². The first-order valence-electron chi connectivity index (χ1n) is 13.9. The number of hydrogen-bond acceptors (Lipinski definition) is 2. The Bertz CT molecular complexity index is 1400. The van der Waals surface area contributed by atoms with Crippen molar-refractivity contribution in [3.05, 3.63) is 89.2 Å². The number of fused-ring (bicyclic) bond motifs is 1. The van der Waals surface area contributed by atoms with Crippen molar-refractivity contribution in [1.82, 2.24) is 9.88 Å². The maximum atomic E-state index is 13.6. The molecule has 2 heterocycles. The van der Waals surface area contributed by atoms with Gasteiger partial charge in [-0.1, -0.05) is 37.6 Å². The summed E-state index contributed by atoms with van der Waals surface area (Å²) in [5.74, 6) is 0.355. The minimum Gasteiger partial charge on any atom is -0.354 e. The van der Waals surface area contributed by atoms with Crippen LogP contribution in [-0.2, 0) is 11.2 Å². The van der Waals surface area contributed by atoms with E-state index in [1.807, 2.05) is 32.0 Å². The van der Waals surface area contributed by atoms with Crippen LogP contribution in [0.4, 0.5) is 10.1 Å². The largest absolute Gasteiger partial charge is 0.354 e. The Morgan fingerprint density at radius 3 is 2.55 bits per heavy atom. The lowest BCUT2D eigenvalue weighted by molar-refractivity contribution is -0.118. The van der Waals surface area contributed by atoms with Gasteiger partial charge in [-0.25, -0.2) is 4.39 Å². The summed E-state index contributed by atoms with van der Waals surface area (Å²) >= 11 is 0. The fourth-order valence-electron chi connectivity index (χ4n) is 5.61. The number of aromatic amines is 1. The van der Waals surface area contributed by atoms with Crippen LogP contribution in [0, 0.1) is 18.7 Å². The second-order valence-electron chi connectivity index (χ2n) is 11.0. The standard InChI is InChI=1S/C33H38FN3O/c1-22(2)33(38)35-28-7-4-6-26(21-28)24-15-18-37(19-16-24)17-5-8-29-30-20-23(3)9-14-31(30)36-32(29)25-10-12-27(34)13-11-25/h4,6-7,9-14,20-22,24,36H,5,8,15-19H2,1-3H3,(H,35,38). The predicted molar refractivity (Wildman–Crippen MR) is 155 cm³/mol. The number of likely N-dealkylation sites (tertiary alicyclic amines) is 1. The van der Waals surface area contributed by atoms with Crippen molar-refractivity contribution >= 4 is 22.5 Å². The third kappa shape index (κ3) is 5.99. The number of carbonyl (C=O) groups excluding carboxylic acids is 1. The lowest BCUT2D eigenvalue weighted by Gasteiger charge is -2.32. The highest BCUT2D eigenvalue weighted by Crippen LogP contribution is 2.33. The van der Waals surface area contributed by atoms with Crippen molar-refractivity contribution in [2.24, 2.45) is 5.92 Å². The van der Waals surface area contributed by atoms with Gasteiger partial charge in [0.05, 0.1) is 0 Å². The number of H-pyrrole nitrogens is 1. The van der Waals surface area contributed by atoms with Gasteiger partial charge in [0.1, 0.15) is 5.82 Å². The molecule has 38 heavy (non-hydrogen) atoms. The number of rotatable bonds is 8. The zero-order valence-electron chi connectivity index (χ0n) is 22.7. The number of hydrogen-bond donors (Lipinski definition) is 2. The number of carbonyl (C=O) groups is 1. The van der Waals surface area contributed by atoms with Crippen LogP contribution in [0.15, 0.2) is 66.7 Å². The Morgan fingerprint density at radius 2 is 1.82 bits per heavy atom. The number of benzene rings is 3. The molecule has 0 atom stereocenters. The summed E-state index contributed by atoms with van der Waals surface area (Å²) in [5.41, 5.74) is 8.07. The molecule has 2 N–H and O–H groups in total. The van der Waals surface area contributed by atoms with E-state index in [0.29, 0.717) is 5.92 Å². The van der Waals surface area contributed by atoms with Crippen LogP contribution in [0.2, 0.25) is 0 Å². The molecule has 1 aliphatic heterocycles. The number of nitrogens with zero attached hydrogens (tertiary/aromatic N) is 1. The van der Waals surface area contributed by atoms with E-state index in [4.69, 9.17) is 0 Å². The van der Waals surface area contributed by atoms with Crippen LogP contribution < -0.4 is 5.32 Å². The molecule has 1 aromatic heterocycles. The first-order chi connectivity index (χ1) is 18.4. The summed E-state index contributed by atoms with van der Waals surface area (Å²) in [6.07, 6.45) is 4.33. The van der Waals surface area contributed by atoms with Gasteiger partial charge in [0.2, 0.25) is 5.91 Å². The molecular formula is C33H38FN3O. The minimum atomic E-state index is -0.210. The molecule has 0 saturated carbocycles. The molecule has 0 spiro atoms. The molecule has 4 nitrogen and oxygen atoms in total. The van der Waals surface area contributed by atoms with E-state index in [2.05, 4.69) is 58.5 Å². The lowest BCUT2D eigenvalue weighted by Crippen LogP contribution is -2.33. The van der Waals surface area contributed by atoms with Gasteiger partial charge in [0, 0.05) is 28.2 Å². The van der Waals surface area contributed by atoms with Gasteiger partial charge in [-0.2, -0.15) is 0 Å². The van der Waals surface area contributed by atoms with Crippen LogP contribution >= 0.6 is 0 Å². The number of aryl methyl sites for hydroxylation is 2. The molecule has 1 saturated heterocycles. The van der Waals surface area contributed by atoms with Crippen LogP contribution in [0.5, 0.6) is 0 Å². The molecule has 0 aliphatic carbocycles. The van der Waals surface area contributed by atoms with Crippen molar-refractivity contribution in [1.29, 1.82) is 0 Å². The Hall–Kier alpha value is -3.44. The predicted octanol–water partition coefficient (Wildman–Crippen LogP) is 7.69. The quantitative estimate of drug-likeness (QED) is 0.255. The van der Waals surface area contributed by atoms with Crippen LogP contribution in [0.25, 0.3) is 22.2 Å². The van der Waals surface area contributed by atoms with Crippen LogP contribution in [-0.4, -0.2) is 35.4 Å². The molecule has 5 rings (SSSR count).